The van der Waals surface area contributed by atoms with Crippen LogP contribution in [0, 0.1) is 11.6 Å². The predicted octanol–water partition coefficient (Wildman–Crippen LogP) is 2.07. The highest BCUT2D eigenvalue weighted by Crippen LogP contribution is 2.39. The summed E-state index contributed by atoms with van der Waals surface area (Å²) < 4.78 is 26.8. The first-order valence-electron chi connectivity index (χ1n) is 5.23. The van der Waals surface area contributed by atoms with Crippen molar-refractivity contribution >= 4 is 29.3 Å². The summed E-state index contributed by atoms with van der Waals surface area (Å²) in [7, 11) is 0. The van der Waals surface area contributed by atoms with Gasteiger partial charge in [0.25, 0.3) is 0 Å². The number of aromatic hydroxyl groups is 2. The van der Waals surface area contributed by atoms with Crippen LogP contribution in [0.4, 0.5) is 14.6 Å². The number of fused-ring (bicyclic) bond motifs is 1. The zero-order valence-corrected chi connectivity index (χ0v) is 11.0. The van der Waals surface area contributed by atoms with Gasteiger partial charge in [-0.25, -0.2) is 18.7 Å². The SMILES string of the molecule is CC(C)(S)c1nc(N)c2c(F)c(O)c(O)c(F)c2n1. The van der Waals surface area contributed by atoms with E-state index in [9.17, 15) is 19.0 Å². The molecule has 102 valence electrons. The van der Waals surface area contributed by atoms with Crippen molar-refractivity contribution in [3.63, 3.8) is 0 Å². The maximum Gasteiger partial charge on any atom is 0.199 e. The normalized spacial score (nSPS) is 12.1. The van der Waals surface area contributed by atoms with Crippen LogP contribution in [-0.2, 0) is 4.75 Å². The molecule has 0 saturated heterocycles. The fraction of sp³-hybridized carbons (Fsp3) is 0.273. The first-order valence-corrected chi connectivity index (χ1v) is 5.68. The van der Waals surface area contributed by atoms with Gasteiger partial charge in [-0.15, -0.1) is 0 Å². The molecule has 0 bridgehead atoms. The van der Waals surface area contributed by atoms with Crippen molar-refractivity contribution < 1.29 is 19.0 Å². The average molecular weight is 287 g/mol. The molecule has 1 aromatic heterocycles. The summed E-state index contributed by atoms with van der Waals surface area (Å²) in [5, 5.41) is 18.1. The highest BCUT2D eigenvalue weighted by Gasteiger charge is 2.26. The van der Waals surface area contributed by atoms with Gasteiger partial charge in [0.15, 0.2) is 23.1 Å². The number of nitrogens with two attached hydrogens (primary N) is 1. The standard InChI is InChI=1S/C11H11F2N3O2S/c1-11(2,19)10-15-6-3(9(14)16-10)4(12)7(17)8(18)5(6)13/h17-19H,1-2H3,(H2,14,15,16). The molecule has 8 heteroatoms. The molecule has 19 heavy (non-hydrogen) atoms. The number of aromatic nitrogens is 2. The maximum absolute atomic E-state index is 13.8. The Morgan fingerprint density at radius 2 is 1.63 bits per heavy atom. The Balaban J connectivity index is 2.97. The summed E-state index contributed by atoms with van der Waals surface area (Å²) in [6.45, 7) is 3.29. The Bertz CT molecular complexity index is 686. The Hall–Kier alpha value is -1.83. The van der Waals surface area contributed by atoms with Gasteiger partial charge in [0.05, 0.1) is 10.1 Å². The molecule has 2 rings (SSSR count). The van der Waals surface area contributed by atoms with E-state index in [4.69, 9.17) is 5.73 Å². The molecule has 0 aliphatic rings. The molecule has 0 saturated carbocycles. The molecular weight excluding hydrogens is 276 g/mol. The number of hydrogen-bond acceptors (Lipinski definition) is 6. The minimum absolute atomic E-state index is 0.0734. The van der Waals surface area contributed by atoms with E-state index in [-0.39, 0.29) is 11.6 Å². The lowest BCUT2D eigenvalue weighted by Gasteiger charge is -2.17. The van der Waals surface area contributed by atoms with Crippen LogP contribution in [-0.4, -0.2) is 20.2 Å². The lowest BCUT2D eigenvalue weighted by Crippen LogP contribution is -2.15. The third-order valence-electron chi connectivity index (χ3n) is 2.55. The molecule has 0 radical (unpaired) electrons. The largest absolute Gasteiger partial charge is 0.502 e. The van der Waals surface area contributed by atoms with Crippen LogP contribution < -0.4 is 5.73 Å². The van der Waals surface area contributed by atoms with Crippen molar-refractivity contribution in [3.05, 3.63) is 17.5 Å². The van der Waals surface area contributed by atoms with Crippen molar-refractivity contribution in [2.75, 3.05) is 5.73 Å². The summed E-state index contributed by atoms with van der Waals surface area (Å²) in [6, 6.07) is 0. The number of phenolic OH excluding ortho intramolecular Hbond substituents is 2. The number of rotatable bonds is 1. The lowest BCUT2D eigenvalue weighted by atomic mass is 10.1. The Morgan fingerprint density at radius 3 is 2.16 bits per heavy atom. The molecular formula is C11H11F2N3O2S. The van der Waals surface area contributed by atoms with Crippen molar-refractivity contribution in [3.8, 4) is 11.5 Å². The van der Waals surface area contributed by atoms with Crippen LogP contribution in [0.1, 0.15) is 19.7 Å². The smallest absolute Gasteiger partial charge is 0.199 e. The van der Waals surface area contributed by atoms with E-state index in [0.717, 1.165) is 0 Å². The third kappa shape index (κ3) is 2.01. The van der Waals surface area contributed by atoms with Gasteiger partial charge in [-0.1, -0.05) is 0 Å². The van der Waals surface area contributed by atoms with Crippen molar-refractivity contribution in [2.24, 2.45) is 0 Å². The highest BCUT2D eigenvalue weighted by molar-refractivity contribution is 7.81. The van der Waals surface area contributed by atoms with Crippen LogP contribution in [0.3, 0.4) is 0 Å². The van der Waals surface area contributed by atoms with Crippen molar-refractivity contribution in [2.45, 2.75) is 18.6 Å². The number of nitrogens with zero attached hydrogens (tertiary/aromatic N) is 2. The summed E-state index contributed by atoms with van der Waals surface area (Å²) in [6.07, 6.45) is 0. The molecule has 0 spiro atoms. The highest BCUT2D eigenvalue weighted by atomic mass is 32.1. The number of benzene rings is 1. The molecule has 0 unspecified atom stereocenters. The first kappa shape index (κ1) is 13.6. The topological polar surface area (TPSA) is 92.3 Å². The zero-order valence-electron chi connectivity index (χ0n) is 10.1. The summed E-state index contributed by atoms with van der Waals surface area (Å²) >= 11 is 4.21. The molecule has 5 nitrogen and oxygen atoms in total. The first-order chi connectivity index (χ1) is 8.64. The Morgan fingerprint density at radius 1 is 1.11 bits per heavy atom. The number of anilines is 1. The van der Waals surface area contributed by atoms with Gasteiger partial charge >= 0.3 is 0 Å². The monoisotopic (exact) mass is 287 g/mol. The predicted molar refractivity (Wildman–Crippen MR) is 69.2 cm³/mol. The quantitative estimate of drug-likeness (QED) is 0.476. The molecule has 0 amide bonds. The van der Waals surface area contributed by atoms with Gasteiger partial charge < -0.3 is 15.9 Å². The molecule has 0 aliphatic carbocycles. The van der Waals surface area contributed by atoms with E-state index in [1.54, 1.807) is 13.8 Å². The Labute approximate surface area is 112 Å². The van der Waals surface area contributed by atoms with E-state index in [1.807, 2.05) is 0 Å². The van der Waals surface area contributed by atoms with E-state index in [1.165, 1.54) is 0 Å². The molecule has 0 atom stereocenters. The number of phenols is 2. The van der Waals surface area contributed by atoms with E-state index >= 15 is 0 Å². The van der Waals surface area contributed by atoms with Crippen LogP contribution in [0.25, 0.3) is 10.9 Å². The van der Waals surface area contributed by atoms with Gasteiger partial charge in [-0.2, -0.15) is 12.6 Å². The number of halogens is 2. The minimum Gasteiger partial charge on any atom is -0.502 e. The average Bonchev–Trinajstić information content (AvgIpc) is 2.31. The fourth-order valence-electron chi connectivity index (χ4n) is 1.57. The van der Waals surface area contributed by atoms with E-state index in [0.29, 0.717) is 0 Å². The minimum atomic E-state index is -1.27. The lowest BCUT2D eigenvalue weighted by molar-refractivity contribution is 0.363. The number of nitrogen functional groups attached to an aromatic ring is 1. The molecule has 1 heterocycles. The molecule has 0 fully saturated rings. The van der Waals surface area contributed by atoms with E-state index in [2.05, 4.69) is 22.6 Å². The fourth-order valence-corrected chi connectivity index (χ4v) is 1.67. The maximum atomic E-state index is 13.8. The Kier molecular flexibility index (Phi) is 2.93. The third-order valence-corrected chi connectivity index (χ3v) is 2.75. The van der Waals surface area contributed by atoms with Crippen molar-refractivity contribution in [1.29, 1.82) is 0 Å². The second kappa shape index (κ2) is 4.09. The van der Waals surface area contributed by atoms with Crippen LogP contribution in [0.2, 0.25) is 0 Å². The second-order valence-corrected chi connectivity index (χ2v) is 5.66. The van der Waals surface area contributed by atoms with Gasteiger partial charge in [-0.3, -0.25) is 0 Å². The second-order valence-electron chi connectivity index (χ2n) is 4.54. The number of hydrogen-bond donors (Lipinski definition) is 4. The molecule has 0 aliphatic heterocycles. The van der Waals surface area contributed by atoms with Crippen LogP contribution in [0.15, 0.2) is 0 Å². The summed E-state index contributed by atoms with van der Waals surface area (Å²) in [5.41, 5.74) is 5.06. The number of thiol groups is 1. The summed E-state index contributed by atoms with van der Waals surface area (Å²) in [4.78, 5) is 7.65. The molecule has 2 aromatic rings. The summed E-state index contributed by atoms with van der Waals surface area (Å²) in [5.74, 6) is -5.24. The van der Waals surface area contributed by atoms with Gasteiger partial charge in [0.1, 0.15) is 17.2 Å². The van der Waals surface area contributed by atoms with Crippen LogP contribution >= 0.6 is 12.6 Å². The zero-order chi connectivity index (χ0) is 14.5. The van der Waals surface area contributed by atoms with Gasteiger partial charge in [0, 0.05) is 0 Å². The van der Waals surface area contributed by atoms with Gasteiger partial charge in [-0.05, 0) is 13.8 Å². The molecule has 4 N–H and O–H groups in total. The van der Waals surface area contributed by atoms with Crippen molar-refractivity contribution in [1.82, 2.24) is 9.97 Å². The van der Waals surface area contributed by atoms with Gasteiger partial charge in [0.2, 0.25) is 0 Å². The molecule has 1 aromatic carbocycles. The van der Waals surface area contributed by atoms with E-state index < -0.39 is 38.8 Å². The van der Waals surface area contributed by atoms with Crippen LogP contribution in [0.5, 0.6) is 11.5 Å².